The van der Waals surface area contributed by atoms with Gasteiger partial charge in [-0.2, -0.15) is 0 Å². The number of hydrogen-bond acceptors (Lipinski definition) is 5. The van der Waals surface area contributed by atoms with Crippen molar-refractivity contribution in [1.82, 2.24) is 4.90 Å². The second-order valence-electron chi connectivity index (χ2n) is 5.55. The molecule has 23 heavy (non-hydrogen) atoms. The first-order valence-corrected chi connectivity index (χ1v) is 9.71. The lowest BCUT2D eigenvalue weighted by molar-refractivity contribution is -0.127. The topological polar surface area (TPSA) is 72.9 Å². The Morgan fingerprint density at radius 1 is 1.26 bits per heavy atom. The third-order valence-corrected chi connectivity index (χ3v) is 5.10. The maximum Gasteiger partial charge on any atom is 0.232 e. The molecule has 1 aliphatic heterocycles. The predicted octanol–water partition coefficient (Wildman–Crippen LogP) is 1.66. The Bertz CT molecular complexity index is 676. The highest BCUT2D eigenvalue weighted by atomic mass is 35.7. The number of halogens is 1. The van der Waals surface area contributed by atoms with Crippen molar-refractivity contribution in [2.24, 2.45) is 5.92 Å². The number of benzene rings is 1. The van der Waals surface area contributed by atoms with Crippen molar-refractivity contribution in [2.75, 3.05) is 33.1 Å². The van der Waals surface area contributed by atoms with Crippen LogP contribution in [0.15, 0.2) is 18.2 Å². The van der Waals surface area contributed by atoms with Crippen LogP contribution in [-0.4, -0.2) is 52.3 Å². The monoisotopic (exact) mass is 361 g/mol. The minimum atomic E-state index is -3.58. The maximum atomic E-state index is 12.0. The number of ether oxygens (including phenoxy) is 2. The average Bonchev–Trinajstić information content (AvgIpc) is 2.82. The van der Waals surface area contributed by atoms with Crippen molar-refractivity contribution < 1.29 is 22.7 Å². The van der Waals surface area contributed by atoms with E-state index in [4.69, 9.17) is 20.2 Å². The number of nitrogens with zero attached hydrogens (tertiary/aromatic N) is 1. The van der Waals surface area contributed by atoms with Gasteiger partial charge in [0.15, 0.2) is 11.5 Å². The number of methoxy groups -OCH3 is 2. The van der Waals surface area contributed by atoms with Crippen molar-refractivity contribution in [2.45, 2.75) is 12.8 Å². The van der Waals surface area contributed by atoms with E-state index in [0.29, 0.717) is 31.0 Å². The predicted molar refractivity (Wildman–Crippen MR) is 87.6 cm³/mol. The summed E-state index contributed by atoms with van der Waals surface area (Å²) in [6, 6.07) is 5.62. The highest BCUT2D eigenvalue weighted by molar-refractivity contribution is 8.13. The van der Waals surface area contributed by atoms with Crippen LogP contribution in [0.3, 0.4) is 0 Å². The lowest BCUT2D eigenvalue weighted by atomic mass is 10.1. The van der Waals surface area contributed by atoms with E-state index in [0.717, 1.165) is 5.56 Å². The molecule has 8 heteroatoms. The van der Waals surface area contributed by atoms with Crippen molar-refractivity contribution in [3.63, 3.8) is 0 Å². The lowest BCUT2D eigenvalue weighted by Crippen LogP contribution is -2.28. The van der Waals surface area contributed by atoms with Gasteiger partial charge >= 0.3 is 0 Å². The van der Waals surface area contributed by atoms with Crippen LogP contribution in [0.2, 0.25) is 0 Å². The molecule has 1 aromatic carbocycles. The first-order valence-electron chi connectivity index (χ1n) is 7.23. The third kappa shape index (κ3) is 5.00. The van der Waals surface area contributed by atoms with Gasteiger partial charge in [-0.1, -0.05) is 6.07 Å². The molecule has 0 bridgehead atoms. The Labute approximate surface area is 140 Å². The van der Waals surface area contributed by atoms with Gasteiger partial charge in [0, 0.05) is 36.1 Å². The van der Waals surface area contributed by atoms with E-state index in [1.807, 2.05) is 18.2 Å². The summed E-state index contributed by atoms with van der Waals surface area (Å²) >= 11 is 0. The van der Waals surface area contributed by atoms with Gasteiger partial charge in [-0.25, -0.2) is 8.42 Å². The summed E-state index contributed by atoms with van der Waals surface area (Å²) in [4.78, 5) is 13.6. The maximum absolute atomic E-state index is 12.0. The Hall–Kier alpha value is -1.47. The van der Waals surface area contributed by atoms with Crippen LogP contribution in [0, 0.1) is 5.92 Å². The second-order valence-corrected chi connectivity index (χ2v) is 8.38. The number of likely N-dealkylation sites (tertiary alicyclic amines) is 1. The van der Waals surface area contributed by atoms with E-state index in [1.165, 1.54) is 0 Å². The molecule has 1 aliphatic rings. The largest absolute Gasteiger partial charge is 0.493 e. The Morgan fingerprint density at radius 3 is 2.57 bits per heavy atom. The van der Waals surface area contributed by atoms with Crippen LogP contribution in [0.5, 0.6) is 11.5 Å². The van der Waals surface area contributed by atoms with Gasteiger partial charge in [0.2, 0.25) is 15.0 Å². The highest BCUT2D eigenvalue weighted by Gasteiger charge is 2.31. The second kappa shape index (κ2) is 7.40. The van der Waals surface area contributed by atoms with E-state index >= 15 is 0 Å². The third-order valence-electron chi connectivity index (χ3n) is 3.85. The molecular weight excluding hydrogens is 342 g/mol. The van der Waals surface area contributed by atoms with Crippen LogP contribution in [-0.2, 0) is 20.3 Å². The molecule has 0 radical (unpaired) electrons. The van der Waals surface area contributed by atoms with Crippen molar-refractivity contribution in [3.8, 4) is 11.5 Å². The van der Waals surface area contributed by atoms with Gasteiger partial charge in [-0.3, -0.25) is 4.79 Å². The van der Waals surface area contributed by atoms with E-state index in [9.17, 15) is 13.2 Å². The molecule has 2 rings (SSSR count). The van der Waals surface area contributed by atoms with Crippen molar-refractivity contribution in [1.29, 1.82) is 0 Å². The first kappa shape index (κ1) is 17.9. The highest BCUT2D eigenvalue weighted by Crippen LogP contribution is 2.28. The quantitative estimate of drug-likeness (QED) is 0.691. The van der Waals surface area contributed by atoms with Gasteiger partial charge in [-0.15, -0.1) is 0 Å². The molecule has 1 atom stereocenters. The summed E-state index contributed by atoms with van der Waals surface area (Å²) < 4.78 is 32.7. The first-order chi connectivity index (χ1) is 10.8. The number of carbonyl (C=O) groups is 1. The summed E-state index contributed by atoms with van der Waals surface area (Å²) in [7, 11) is 4.83. The zero-order valence-corrected chi connectivity index (χ0v) is 14.7. The zero-order chi connectivity index (χ0) is 17.0. The fourth-order valence-corrected chi connectivity index (χ4v) is 4.08. The molecule has 0 N–H and O–H groups in total. The van der Waals surface area contributed by atoms with Crippen molar-refractivity contribution in [3.05, 3.63) is 23.8 Å². The fourth-order valence-electron chi connectivity index (χ4n) is 2.76. The van der Waals surface area contributed by atoms with Crippen LogP contribution < -0.4 is 9.47 Å². The summed E-state index contributed by atoms with van der Waals surface area (Å²) in [5, 5.41) is 0. The molecule has 0 spiro atoms. The summed E-state index contributed by atoms with van der Waals surface area (Å²) in [5.74, 6) is 0.878. The van der Waals surface area contributed by atoms with Crippen LogP contribution in [0.4, 0.5) is 0 Å². The molecule has 1 saturated heterocycles. The van der Waals surface area contributed by atoms with Crippen LogP contribution in [0.25, 0.3) is 0 Å². The van der Waals surface area contributed by atoms with Gasteiger partial charge in [0.25, 0.3) is 0 Å². The van der Waals surface area contributed by atoms with Gasteiger partial charge in [0.1, 0.15) is 0 Å². The molecule has 0 aromatic heterocycles. The Morgan fingerprint density at radius 2 is 1.96 bits per heavy atom. The average molecular weight is 362 g/mol. The SMILES string of the molecule is COc1ccc(CCN2CC(CS(=O)(=O)Cl)CC2=O)cc1OC. The molecule has 128 valence electrons. The summed E-state index contributed by atoms with van der Waals surface area (Å²) in [5.41, 5.74) is 1.02. The number of hydrogen-bond donors (Lipinski definition) is 0. The van der Waals surface area contributed by atoms with Gasteiger partial charge < -0.3 is 14.4 Å². The zero-order valence-electron chi connectivity index (χ0n) is 13.1. The molecule has 1 unspecified atom stereocenters. The molecule has 1 fully saturated rings. The molecule has 0 aliphatic carbocycles. The molecule has 1 heterocycles. The van der Waals surface area contributed by atoms with Crippen LogP contribution in [0.1, 0.15) is 12.0 Å². The van der Waals surface area contributed by atoms with E-state index < -0.39 is 9.05 Å². The summed E-state index contributed by atoms with van der Waals surface area (Å²) in [6.07, 6.45) is 0.893. The van der Waals surface area contributed by atoms with Crippen LogP contribution >= 0.6 is 10.7 Å². The Kier molecular flexibility index (Phi) is 5.75. The molecular formula is C15H20ClNO5S. The Balaban J connectivity index is 1.95. The van der Waals surface area contributed by atoms with E-state index in [1.54, 1.807) is 19.1 Å². The van der Waals surface area contributed by atoms with Gasteiger partial charge in [0.05, 0.1) is 20.0 Å². The van der Waals surface area contributed by atoms with Gasteiger partial charge in [-0.05, 0) is 24.1 Å². The standard InChI is InChI=1S/C15H20ClNO5S/c1-21-13-4-3-11(7-14(13)22-2)5-6-17-9-12(8-15(17)18)10-23(16,19)20/h3-4,7,12H,5-6,8-10H2,1-2H3. The fraction of sp³-hybridized carbons (Fsp3) is 0.533. The molecule has 1 amide bonds. The molecule has 6 nitrogen and oxygen atoms in total. The number of carbonyl (C=O) groups excluding carboxylic acids is 1. The summed E-state index contributed by atoms with van der Waals surface area (Å²) in [6.45, 7) is 0.964. The minimum Gasteiger partial charge on any atom is -0.493 e. The minimum absolute atomic E-state index is 0.0317. The number of amides is 1. The van der Waals surface area contributed by atoms with E-state index in [2.05, 4.69) is 0 Å². The number of rotatable bonds is 7. The van der Waals surface area contributed by atoms with E-state index in [-0.39, 0.29) is 24.0 Å². The lowest BCUT2D eigenvalue weighted by Gasteiger charge is -2.17. The normalized spacial score (nSPS) is 18.3. The molecule has 0 saturated carbocycles. The van der Waals surface area contributed by atoms with Crippen molar-refractivity contribution >= 4 is 25.6 Å². The molecule has 1 aromatic rings. The smallest absolute Gasteiger partial charge is 0.232 e.